The van der Waals surface area contributed by atoms with Gasteiger partial charge in [0.15, 0.2) is 6.29 Å². The van der Waals surface area contributed by atoms with E-state index >= 15 is 0 Å². The van der Waals surface area contributed by atoms with Crippen molar-refractivity contribution in [3.63, 3.8) is 0 Å². The number of nitrogens with zero attached hydrogens (tertiary/aromatic N) is 2. The summed E-state index contributed by atoms with van der Waals surface area (Å²) in [6.45, 7) is 3.82. The van der Waals surface area contributed by atoms with E-state index in [-0.39, 0.29) is 12.2 Å². The number of aliphatic imine (C=N–C) groups is 1. The number of likely N-dealkylation sites (tertiary alicyclic amines) is 1. The predicted molar refractivity (Wildman–Crippen MR) is 124 cm³/mol. The second-order valence-electron chi connectivity index (χ2n) is 8.00. The Morgan fingerprint density at radius 3 is 3.00 bits per heavy atom. The van der Waals surface area contributed by atoms with Crippen LogP contribution in [0.5, 0.6) is 0 Å². The maximum atomic E-state index is 12.1. The molecule has 3 atom stereocenters. The molecule has 8 nitrogen and oxygen atoms in total. The van der Waals surface area contributed by atoms with Gasteiger partial charge >= 0.3 is 0 Å². The molecule has 1 saturated heterocycles. The molecule has 1 fully saturated rings. The van der Waals surface area contributed by atoms with E-state index in [4.69, 9.17) is 10.7 Å². The molecule has 0 bridgehead atoms. The van der Waals surface area contributed by atoms with Crippen LogP contribution in [-0.4, -0.2) is 56.2 Å². The summed E-state index contributed by atoms with van der Waals surface area (Å²) in [6, 6.07) is 7.39. The van der Waals surface area contributed by atoms with E-state index in [2.05, 4.69) is 44.4 Å². The van der Waals surface area contributed by atoms with Gasteiger partial charge in [0, 0.05) is 38.6 Å². The minimum atomic E-state index is -0.296. The van der Waals surface area contributed by atoms with Crippen LogP contribution in [0.25, 0.3) is 0 Å². The predicted octanol–water partition coefficient (Wildman–Crippen LogP) is 1.20. The number of allylic oxidation sites excluding steroid dienone is 2. The highest BCUT2D eigenvalue weighted by atomic mass is 16.1. The zero-order valence-corrected chi connectivity index (χ0v) is 17.8. The fraction of sp³-hybridized carbons (Fsp3) is 0.391. The van der Waals surface area contributed by atoms with Gasteiger partial charge in [0.2, 0.25) is 0 Å². The average molecular weight is 422 g/mol. The van der Waals surface area contributed by atoms with Crippen molar-refractivity contribution in [1.29, 1.82) is 0 Å². The monoisotopic (exact) mass is 421 g/mol. The summed E-state index contributed by atoms with van der Waals surface area (Å²) in [5.41, 5.74) is 8.10. The Morgan fingerprint density at radius 2 is 2.16 bits per heavy atom. The number of para-hydroxylation sites is 1. The minimum absolute atomic E-state index is 0.139. The van der Waals surface area contributed by atoms with Crippen LogP contribution >= 0.6 is 0 Å². The number of rotatable bonds is 6. The number of carbonyl (C=O) groups is 1. The average Bonchev–Trinajstić information content (AvgIpc) is 2.79. The third kappa shape index (κ3) is 5.15. The maximum absolute atomic E-state index is 12.1. The number of hydrogen-bond acceptors (Lipinski definition) is 7. The smallest absolute Gasteiger partial charge is 0.253 e. The van der Waals surface area contributed by atoms with Gasteiger partial charge in [0.1, 0.15) is 5.84 Å². The number of nitrogens with one attached hydrogen (secondary N) is 4. The molecule has 1 aromatic rings. The summed E-state index contributed by atoms with van der Waals surface area (Å²) in [7, 11) is 1.62. The van der Waals surface area contributed by atoms with Crippen molar-refractivity contribution in [2.24, 2.45) is 22.6 Å². The van der Waals surface area contributed by atoms with E-state index < -0.39 is 0 Å². The molecule has 0 spiro atoms. The normalized spacial score (nSPS) is 25.0. The molecule has 3 unspecified atom stereocenters. The van der Waals surface area contributed by atoms with Gasteiger partial charge < -0.3 is 31.9 Å². The Bertz CT molecular complexity index is 920. The summed E-state index contributed by atoms with van der Waals surface area (Å²) < 4.78 is 0. The number of fused-ring (bicyclic) bond motifs is 1. The van der Waals surface area contributed by atoms with Gasteiger partial charge in [0.25, 0.3) is 5.91 Å². The lowest BCUT2D eigenvalue weighted by Gasteiger charge is -2.38. The SMILES string of the molecule is CNC(=O)c1ccccc1NC1=NC(NC2=CC3CN(CCN)CCC3C=C2)NC=C1. The van der Waals surface area contributed by atoms with Crippen molar-refractivity contribution in [2.75, 3.05) is 38.5 Å². The van der Waals surface area contributed by atoms with Crippen molar-refractivity contribution >= 4 is 17.4 Å². The van der Waals surface area contributed by atoms with Crippen molar-refractivity contribution in [1.82, 2.24) is 20.9 Å². The Labute approximate surface area is 183 Å². The summed E-state index contributed by atoms with van der Waals surface area (Å²) in [6.07, 6.45) is 11.4. The molecule has 0 saturated carbocycles. The van der Waals surface area contributed by atoms with Crippen LogP contribution < -0.4 is 27.0 Å². The van der Waals surface area contributed by atoms with Crippen molar-refractivity contribution in [2.45, 2.75) is 12.7 Å². The molecule has 31 heavy (non-hydrogen) atoms. The van der Waals surface area contributed by atoms with E-state index in [1.807, 2.05) is 30.5 Å². The van der Waals surface area contributed by atoms with Crippen LogP contribution in [0.3, 0.4) is 0 Å². The maximum Gasteiger partial charge on any atom is 0.253 e. The van der Waals surface area contributed by atoms with Crippen molar-refractivity contribution in [3.05, 3.63) is 66.0 Å². The molecule has 8 heteroatoms. The number of anilines is 1. The topological polar surface area (TPSA) is 107 Å². The lowest BCUT2D eigenvalue weighted by atomic mass is 9.82. The van der Waals surface area contributed by atoms with Crippen LogP contribution in [-0.2, 0) is 0 Å². The largest absolute Gasteiger partial charge is 0.355 e. The highest BCUT2D eigenvalue weighted by Gasteiger charge is 2.28. The second kappa shape index (κ2) is 9.80. The van der Waals surface area contributed by atoms with Gasteiger partial charge in [-0.1, -0.05) is 24.3 Å². The molecular formula is C23H31N7O. The molecular weight excluding hydrogens is 390 g/mol. The molecule has 6 N–H and O–H groups in total. The summed E-state index contributed by atoms with van der Waals surface area (Å²) in [5, 5.41) is 12.6. The molecule has 1 aliphatic carbocycles. The van der Waals surface area contributed by atoms with Crippen LogP contribution in [0.4, 0.5) is 5.69 Å². The minimum Gasteiger partial charge on any atom is -0.355 e. The third-order valence-corrected chi connectivity index (χ3v) is 5.89. The summed E-state index contributed by atoms with van der Waals surface area (Å²) >= 11 is 0. The number of carbonyl (C=O) groups excluding carboxylic acids is 1. The Balaban J connectivity index is 1.42. The van der Waals surface area contributed by atoms with Gasteiger partial charge in [-0.15, -0.1) is 0 Å². The number of piperidine rings is 1. The van der Waals surface area contributed by atoms with Gasteiger partial charge in [-0.3, -0.25) is 4.79 Å². The Kier molecular flexibility index (Phi) is 6.69. The number of hydrogen-bond donors (Lipinski definition) is 5. The van der Waals surface area contributed by atoms with Crippen LogP contribution in [0.1, 0.15) is 16.8 Å². The molecule has 0 aromatic heterocycles. The first-order valence-electron chi connectivity index (χ1n) is 10.8. The number of nitrogens with two attached hydrogens (primary N) is 1. The molecule has 2 aliphatic heterocycles. The highest BCUT2D eigenvalue weighted by Crippen LogP contribution is 2.30. The van der Waals surface area contributed by atoms with Crippen molar-refractivity contribution < 1.29 is 4.79 Å². The molecule has 1 amide bonds. The van der Waals surface area contributed by atoms with Gasteiger partial charge in [0.05, 0.1) is 11.3 Å². The van der Waals surface area contributed by atoms with E-state index in [0.29, 0.717) is 35.5 Å². The van der Waals surface area contributed by atoms with E-state index in [0.717, 1.165) is 25.3 Å². The van der Waals surface area contributed by atoms with Crippen LogP contribution in [0, 0.1) is 11.8 Å². The molecule has 4 rings (SSSR count). The first kappa shape index (κ1) is 21.1. The fourth-order valence-corrected chi connectivity index (χ4v) is 4.29. The lowest BCUT2D eigenvalue weighted by Crippen LogP contribution is -2.44. The molecule has 2 heterocycles. The first-order chi connectivity index (χ1) is 15.2. The van der Waals surface area contributed by atoms with Gasteiger partial charge in [-0.25, -0.2) is 4.99 Å². The van der Waals surface area contributed by atoms with Gasteiger partial charge in [-0.05, 0) is 49.1 Å². The second-order valence-corrected chi connectivity index (χ2v) is 8.00. The molecule has 1 aromatic carbocycles. The molecule has 164 valence electrons. The lowest BCUT2D eigenvalue weighted by molar-refractivity contribution is 0.0964. The standard InChI is InChI=1S/C23H31N7O/c1-25-22(31)19-4-2-3-5-20(19)28-21-8-11-26-23(29-21)27-18-7-6-16-9-12-30(13-10-24)15-17(16)14-18/h2-8,11,14,16-17,23,26-27H,9-10,12-13,15,24H2,1H3,(H,25,31)(H,28,29). The molecule has 0 radical (unpaired) electrons. The van der Waals surface area contributed by atoms with Crippen LogP contribution in [0.15, 0.2) is 65.5 Å². The van der Waals surface area contributed by atoms with Gasteiger partial charge in [-0.2, -0.15) is 0 Å². The summed E-state index contributed by atoms with van der Waals surface area (Å²) in [5.74, 6) is 1.63. The molecule has 3 aliphatic rings. The van der Waals surface area contributed by atoms with E-state index in [1.54, 1.807) is 13.1 Å². The Hall–Kier alpha value is -3.10. The zero-order chi connectivity index (χ0) is 21.6. The number of amides is 1. The quantitative estimate of drug-likeness (QED) is 0.473. The summed E-state index contributed by atoms with van der Waals surface area (Å²) in [4.78, 5) is 19.3. The third-order valence-electron chi connectivity index (χ3n) is 5.89. The van der Waals surface area contributed by atoms with E-state index in [9.17, 15) is 4.79 Å². The number of benzene rings is 1. The Morgan fingerprint density at radius 1 is 1.29 bits per heavy atom. The van der Waals surface area contributed by atoms with E-state index in [1.165, 1.54) is 6.42 Å². The zero-order valence-electron chi connectivity index (χ0n) is 17.8. The van der Waals surface area contributed by atoms with Crippen LogP contribution in [0.2, 0.25) is 0 Å². The highest BCUT2D eigenvalue weighted by molar-refractivity contribution is 6.09. The van der Waals surface area contributed by atoms with Crippen molar-refractivity contribution in [3.8, 4) is 0 Å². The fourth-order valence-electron chi connectivity index (χ4n) is 4.29. The number of amidine groups is 1. The first-order valence-corrected chi connectivity index (χ1v) is 10.8.